The van der Waals surface area contributed by atoms with Gasteiger partial charge in [-0.05, 0) is 25.2 Å². The third kappa shape index (κ3) is 7.57. The molecule has 1 fully saturated rings. The van der Waals surface area contributed by atoms with Crippen LogP contribution in [0, 0.1) is 5.92 Å². The molecular formula is C13H26S2. The largest absolute Gasteiger partial charge is 0.0939 e. The Bertz CT molecular complexity index is 139. The Morgan fingerprint density at radius 3 is 2.47 bits per heavy atom. The Kier molecular flexibility index (Phi) is 8.08. The highest BCUT2D eigenvalue weighted by Crippen LogP contribution is 2.36. The van der Waals surface area contributed by atoms with Crippen LogP contribution < -0.4 is 0 Å². The average molecular weight is 246 g/mol. The van der Waals surface area contributed by atoms with Gasteiger partial charge in [-0.2, -0.15) is 0 Å². The van der Waals surface area contributed by atoms with Crippen molar-refractivity contribution >= 4 is 21.6 Å². The maximum Gasteiger partial charge on any atom is 0.0151 e. The van der Waals surface area contributed by atoms with Crippen LogP contribution in [0.15, 0.2) is 0 Å². The van der Waals surface area contributed by atoms with Gasteiger partial charge in [0.25, 0.3) is 0 Å². The average Bonchev–Trinajstić information content (AvgIpc) is 2.24. The topological polar surface area (TPSA) is 0 Å². The Balaban J connectivity index is 1.83. The SMILES string of the molecule is CC(C)CCCCSSC1CCCCC1. The van der Waals surface area contributed by atoms with Gasteiger partial charge in [0, 0.05) is 11.0 Å². The molecule has 1 saturated carbocycles. The minimum atomic E-state index is 0.890. The summed E-state index contributed by atoms with van der Waals surface area (Å²) >= 11 is 0. The minimum Gasteiger partial charge on any atom is -0.0939 e. The highest BCUT2D eigenvalue weighted by atomic mass is 33.1. The molecule has 15 heavy (non-hydrogen) atoms. The van der Waals surface area contributed by atoms with Gasteiger partial charge in [-0.15, -0.1) is 0 Å². The van der Waals surface area contributed by atoms with E-state index in [0.717, 1.165) is 11.2 Å². The van der Waals surface area contributed by atoms with Crippen molar-refractivity contribution in [2.45, 2.75) is 70.5 Å². The fourth-order valence-electron chi connectivity index (χ4n) is 2.02. The predicted octanol–water partition coefficient (Wildman–Crippen LogP) is 5.53. The van der Waals surface area contributed by atoms with E-state index >= 15 is 0 Å². The fraction of sp³-hybridized carbons (Fsp3) is 1.00. The molecule has 1 aliphatic carbocycles. The van der Waals surface area contributed by atoms with E-state index < -0.39 is 0 Å². The van der Waals surface area contributed by atoms with E-state index in [9.17, 15) is 0 Å². The molecule has 1 rings (SSSR count). The van der Waals surface area contributed by atoms with E-state index in [0.29, 0.717) is 0 Å². The molecule has 0 amide bonds. The summed E-state index contributed by atoms with van der Waals surface area (Å²) in [5, 5.41) is 0.980. The summed E-state index contributed by atoms with van der Waals surface area (Å²) in [6, 6.07) is 0. The summed E-state index contributed by atoms with van der Waals surface area (Å²) in [6.07, 6.45) is 11.6. The first kappa shape index (κ1) is 13.8. The summed E-state index contributed by atoms with van der Waals surface area (Å²) < 4.78 is 0. The van der Waals surface area contributed by atoms with Gasteiger partial charge >= 0.3 is 0 Å². The van der Waals surface area contributed by atoms with E-state index in [1.54, 1.807) is 0 Å². The van der Waals surface area contributed by atoms with Crippen LogP contribution in [0.25, 0.3) is 0 Å². The third-order valence-electron chi connectivity index (χ3n) is 3.02. The Morgan fingerprint density at radius 1 is 1.07 bits per heavy atom. The van der Waals surface area contributed by atoms with Gasteiger partial charge in [0.05, 0.1) is 0 Å². The predicted molar refractivity (Wildman–Crippen MR) is 75.6 cm³/mol. The Morgan fingerprint density at radius 2 is 1.80 bits per heavy atom. The second-order valence-electron chi connectivity index (χ2n) is 5.07. The molecule has 0 atom stereocenters. The second-order valence-corrected chi connectivity index (χ2v) is 7.86. The van der Waals surface area contributed by atoms with Crippen molar-refractivity contribution in [3.63, 3.8) is 0 Å². The molecule has 1 aliphatic rings. The molecule has 0 heterocycles. The maximum absolute atomic E-state index is 2.32. The van der Waals surface area contributed by atoms with Crippen molar-refractivity contribution in [2.24, 2.45) is 5.92 Å². The van der Waals surface area contributed by atoms with Crippen molar-refractivity contribution < 1.29 is 0 Å². The van der Waals surface area contributed by atoms with Crippen LogP contribution in [0.3, 0.4) is 0 Å². The van der Waals surface area contributed by atoms with Gasteiger partial charge in [0.1, 0.15) is 0 Å². The number of hydrogen-bond donors (Lipinski definition) is 0. The lowest BCUT2D eigenvalue weighted by molar-refractivity contribution is 0.517. The van der Waals surface area contributed by atoms with Crippen molar-refractivity contribution in [1.82, 2.24) is 0 Å². The summed E-state index contributed by atoms with van der Waals surface area (Å²) in [6.45, 7) is 4.65. The molecular weight excluding hydrogens is 220 g/mol. The molecule has 0 aromatic heterocycles. The summed E-state index contributed by atoms with van der Waals surface area (Å²) in [5.74, 6) is 2.26. The number of hydrogen-bond acceptors (Lipinski definition) is 2. The van der Waals surface area contributed by atoms with Gasteiger partial charge < -0.3 is 0 Å². The van der Waals surface area contributed by atoms with Crippen molar-refractivity contribution in [3.05, 3.63) is 0 Å². The van der Waals surface area contributed by atoms with E-state index in [4.69, 9.17) is 0 Å². The van der Waals surface area contributed by atoms with Gasteiger partial charge in [-0.1, -0.05) is 67.5 Å². The molecule has 0 aromatic carbocycles. The first-order chi connectivity index (χ1) is 7.29. The normalized spacial score (nSPS) is 18.6. The molecule has 0 N–H and O–H groups in total. The van der Waals surface area contributed by atoms with Gasteiger partial charge in [0.15, 0.2) is 0 Å². The van der Waals surface area contributed by atoms with E-state index in [1.807, 2.05) is 0 Å². The molecule has 90 valence electrons. The van der Waals surface area contributed by atoms with E-state index in [1.165, 1.54) is 57.1 Å². The van der Waals surface area contributed by atoms with Gasteiger partial charge in [-0.25, -0.2) is 0 Å². The van der Waals surface area contributed by atoms with Crippen LogP contribution in [0.5, 0.6) is 0 Å². The van der Waals surface area contributed by atoms with Crippen LogP contribution >= 0.6 is 21.6 Å². The summed E-state index contributed by atoms with van der Waals surface area (Å²) in [4.78, 5) is 0. The molecule has 2 heteroatoms. The van der Waals surface area contributed by atoms with Gasteiger partial charge in [-0.3, -0.25) is 0 Å². The monoisotopic (exact) mass is 246 g/mol. The lowest BCUT2D eigenvalue weighted by Gasteiger charge is -2.20. The number of rotatable bonds is 7. The zero-order chi connectivity index (χ0) is 10.9. The zero-order valence-electron chi connectivity index (χ0n) is 10.3. The molecule has 0 saturated heterocycles. The van der Waals surface area contributed by atoms with E-state index in [2.05, 4.69) is 35.4 Å². The standard InChI is InChI=1S/C13H26S2/c1-12(2)8-6-7-11-14-15-13-9-4-3-5-10-13/h12-13H,3-11H2,1-2H3. The van der Waals surface area contributed by atoms with Crippen LogP contribution in [0.2, 0.25) is 0 Å². The molecule has 0 radical (unpaired) electrons. The molecule has 0 aromatic rings. The minimum absolute atomic E-state index is 0.890. The molecule has 0 nitrogen and oxygen atoms in total. The highest BCUT2D eigenvalue weighted by molar-refractivity contribution is 8.76. The Labute approximate surface area is 104 Å². The summed E-state index contributed by atoms with van der Waals surface area (Å²) in [7, 11) is 4.30. The lowest BCUT2D eigenvalue weighted by Crippen LogP contribution is -2.06. The van der Waals surface area contributed by atoms with Crippen LogP contribution in [-0.4, -0.2) is 11.0 Å². The highest BCUT2D eigenvalue weighted by Gasteiger charge is 2.13. The van der Waals surface area contributed by atoms with Crippen molar-refractivity contribution in [3.8, 4) is 0 Å². The molecule has 0 bridgehead atoms. The molecule has 0 spiro atoms. The van der Waals surface area contributed by atoms with Crippen LogP contribution in [0.1, 0.15) is 65.2 Å². The maximum atomic E-state index is 2.32. The van der Waals surface area contributed by atoms with Crippen LogP contribution in [-0.2, 0) is 0 Å². The Hall–Kier alpha value is 0.700. The quantitative estimate of drug-likeness (QED) is 0.428. The summed E-state index contributed by atoms with van der Waals surface area (Å²) in [5.41, 5.74) is 0. The first-order valence-electron chi connectivity index (χ1n) is 6.57. The smallest absolute Gasteiger partial charge is 0.0151 e. The van der Waals surface area contributed by atoms with Gasteiger partial charge in [0.2, 0.25) is 0 Å². The van der Waals surface area contributed by atoms with E-state index in [-0.39, 0.29) is 0 Å². The van der Waals surface area contributed by atoms with Crippen molar-refractivity contribution in [2.75, 3.05) is 5.75 Å². The third-order valence-corrected chi connectivity index (χ3v) is 6.08. The first-order valence-corrected chi connectivity index (χ1v) is 8.95. The molecule has 0 aliphatic heterocycles. The number of unbranched alkanes of at least 4 members (excludes halogenated alkanes) is 1. The lowest BCUT2D eigenvalue weighted by atomic mass is 10.0. The van der Waals surface area contributed by atoms with Crippen molar-refractivity contribution in [1.29, 1.82) is 0 Å². The zero-order valence-corrected chi connectivity index (χ0v) is 12.0. The van der Waals surface area contributed by atoms with Crippen LogP contribution in [0.4, 0.5) is 0 Å². The second kappa shape index (κ2) is 8.81. The molecule has 0 unspecified atom stereocenters. The fourth-order valence-corrected chi connectivity index (χ4v) is 4.95.